The summed E-state index contributed by atoms with van der Waals surface area (Å²) in [5.74, 6) is 0.679. The van der Waals surface area contributed by atoms with Crippen molar-refractivity contribution in [2.24, 2.45) is 0 Å². The highest BCUT2D eigenvalue weighted by atomic mass is 19.4. The highest BCUT2D eigenvalue weighted by Crippen LogP contribution is 2.36. The number of hydrogen-bond donors (Lipinski definition) is 1. The predicted octanol–water partition coefficient (Wildman–Crippen LogP) is 4.70. The zero-order valence-corrected chi connectivity index (χ0v) is 12.0. The second-order valence-corrected chi connectivity index (χ2v) is 4.96. The molecule has 1 atom stereocenters. The number of rotatable bonds is 5. The van der Waals surface area contributed by atoms with Gasteiger partial charge in [0.15, 0.2) is 0 Å². The largest absolute Gasteiger partial charge is 0.469 e. The third kappa shape index (κ3) is 3.67. The van der Waals surface area contributed by atoms with Crippen LogP contribution in [0.15, 0.2) is 41.0 Å². The van der Waals surface area contributed by atoms with Crippen LogP contribution in [0, 0.1) is 6.92 Å². The first-order valence-electron chi connectivity index (χ1n) is 6.88. The summed E-state index contributed by atoms with van der Waals surface area (Å²) in [6.45, 7) is 4.37. The lowest BCUT2D eigenvalue weighted by molar-refractivity contribution is -0.138. The second kappa shape index (κ2) is 6.35. The third-order valence-electron chi connectivity index (χ3n) is 3.26. The molecular weight excluding hydrogens is 279 g/mol. The van der Waals surface area contributed by atoms with Gasteiger partial charge in [0.2, 0.25) is 0 Å². The van der Waals surface area contributed by atoms with Gasteiger partial charge in [-0.3, -0.25) is 0 Å². The zero-order valence-electron chi connectivity index (χ0n) is 12.0. The van der Waals surface area contributed by atoms with Crippen LogP contribution in [0.3, 0.4) is 0 Å². The standard InChI is InChI=1S/C16H18F3NO/c1-3-8-20-15(12-9-11(2)21-10-12)13-6-4-5-7-14(13)16(17,18)19/h4-7,9-10,15,20H,3,8H2,1-2H3. The SMILES string of the molecule is CCCNC(c1coc(C)c1)c1ccccc1C(F)(F)F. The van der Waals surface area contributed by atoms with E-state index in [4.69, 9.17) is 4.42 Å². The third-order valence-corrected chi connectivity index (χ3v) is 3.26. The molecular formula is C16H18F3NO. The molecule has 1 unspecified atom stereocenters. The molecule has 0 saturated carbocycles. The molecule has 1 aromatic carbocycles. The molecule has 0 saturated heterocycles. The van der Waals surface area contributed by atoms with Gasteiger partial charge < -0.3 is 9.73 Å². The van der Waals surface area contributed by atoms with Crippen LogP contribution in [0.2, 0.25) is 0 Å². The second-order valence-electron chi connectivity index (χ2n) is 4.96. The lowest BCUT2D eigenvalue weighted by Crippen LogP contribution is -2.25. The van der Waals surface area contributed by atoms with Crippen LogP contribution in [-0.2, 0) is 6.18 Å². The number of halogens is 3. The maximum absolute atomic E-state index is 13.2. The number of furan rings is 1. The van der Waals surface area contributed by atoms with Crippen LogP contribution < -0.4 is 5.32 Å². The lowest BCUT2D eigenvalue weighted by atomic mass is 9.95. The van der Waals surface area contributed by atoms with Crippen LogP contribution in [0.25, 0.3) is 0 Å². The summed E-state index contributed by atoms with van der Waals surface area (Å²) in [5, 5.41) is 3.17. The normalized spacial score (nSPS) is 13.4. The molecule has 1 N–H and O–H groups in total. The molecule has 0 aliphatic heterocycles. The van der Waals surface area contributed by atoms with Gasteiger partial charge >= 0.3 is 6.18 Å². The monoisotopic (exact) mass is 297 g/mol. The van der Waals surface area contributed by atoms with Gasteiger partial charge in [-0.05, 0) is 37.6 Å². The Labute approximate surface area is 122 Å². The van der Waals surface area contributed by atoms with E-state index >= 15 is 0 Å². The topological polar surface area (TPSA) is 25.2 Å². The Morgan fingerprint density at radius 2 is 1.95 bits per heavy atom. The summed E-state index contributed by atoms with van der Waals surface area (Å²) >= 11 is 0. The molecule has 0 amide bonds. The Hall–Kier alpha value is -1.75. The van der Waals surface area contributed by atoms with Crippen molar-refractivity contribution < 1.29 is 17.6 Å². The summed E-state index contributed by atoms with van der Waals surface area (Å²) in [4.78, 5) is 0. The van der Waals surface area contributed by atoms with Gasteiger partial charge in [-0.1, -0.05) is 25.1 Å². The van der Waals surface area contributed by atoms with Crippen LogP contribution in [0.5, 0.6) is 0 Å². The Morgan fingerprint density at radius 3 is 2.52 bits per heavy atom. The van der Waals surface area contributed by atoms with Crippen molar-refractivity contribution in [1.29, 1.82) is 0 Å². The first-order chi connectivity index (χ1) is 9.93. The van der Waals surface area contributed by atoms with E-state index in [1.165, 1.54) is 18.4 Å². The molecule has 114 valence electrons. The van der Waals surface area contributed by atoms with E-state index in [0.717, 1.165) is 12.5 Å². The van der Waals surface area contributed by atoms with Crippen molar-refractivity contribution >= 4 is 0 Å². The van der Waals surface area contributed by atoms with E-state index in [0.29, 0.717) is 17.9 Å². The van der Waals surface area contributed by atoms with Gasteiger partial charge in [0, 0.05) is 5.56 Å². The predicted molar refractivity (Wildman–Crippen MR) is 75.0 cm³/mol. The van der Waals surface area contributed by atoms with E-state index in [9.17, 15) is 13.2 Å². The van der Waals surface area contributed by atoms with Crippen molar-refractivity contribution in [1.82, 2.24) is 5.32 Å². The first kappa shape index (κ1) is 15.6. The average molecular weight is 297 g/mol. The Morgan fingerprint density at radius 1 is 1.24 bits per heavy atom. The van der Waals surface area contributed by atoms with E-state index in [-0.39, 0.29) is 5.56 Å². The highest BCUT2D eigenvalue weighted by Gasteiger charge is 2.35. The summed E-state index contributed by atoms with van der Waals surface area (Å²) in [6.07, 6.45) is -2.03. The number of aryl methyl sites for hydroxylation is 1. The first-order valence-corrected chi connectivity index (χ1v) is 6.88. The average Bonchev–Trinajstić information content (AvgIpc) is 2.85. The molecule has 5 heteroatoms. The smallest absolute Gasteiger partial charge is 0.416 e. The summed E-state index contributed by atoms with van der Waals surface area (Å²) in [7, 11) is 0. The Bertz CT molecular complexity index is 589. The van der Waals surface area contributed by atoms with Gasteiger partial charge in [0.25, 0.3) is 0 Å². The number of alkyl halides is 3. The fourth-order valence-electron chi connectivity index (χ4n) is 2.32. The maximum atomic E-state index is 13.2. The maximum Gasteiger partial charge on any atom is 0.416 e. The molecule has 0 spiro atoms. The van der Waals surface area contributed by atoms with E-state index in [2.05, 4.69) is 5.32 Å². The summed E-state index contributed by atoms with van der Waals surface area (Å²) in [6, 6.07) is 6.89. The van der Waals surface area contributed by atoms with E-state index in [1.807, 2.05) is 6.92 Å². The van der Waals surface area contributed by atoms with Crippen LogP contribution >= 0.6 is 0 Å². The van der Waals surface area contributed by atoms with Crippen molar-refractivity contribution in [2.75, 3.05) is 6.54 Å². The molecule has 0 aliphatic rings. The molecule has 0 radical (unpaired) electrons. The van der Waals surface area contributed by atoms with Gasteiger partial charge in [0.05, 0.1) is 17.9 Å². The van der Waals surface area contributed by atoms with Crippen LogP contribution in [0.4, 0.5) is 13.2 Å². The van der Waals surface area contributed by atoms with Crippen molar-refractivity contribution in [3.63, 3.8) is 0 Å². The van der Waals surface area contributed by atoms with Gasteiger partial charge in [0.1, 0.15) is 5.76 Å². The fourth-order valence-corrected chi connectivity index (χ4v) is 2.32. The quantitative estimate of drug-likeness (QED) is 0.865. The molecule has 1 aromatic heterocycles. The minimum Gasteiger partial charge on any atom is -0.469 e. The molecule has 0 fully saturated rings. The number of hydrogen-bond acceptors (Lipinski definition) is 2. The van der Waals surface area contributed by atoms with E-state index < -0.39 is 17.8 Å². The van der Waals surface area contributed by atoms with Crippen LogP contribution in [-0.4, -0.2) is 6.54 Å². The van der Waals surface area contributed by atoms with Crippen LogP contribution in [0.1, 0.15) is 41.8 Å². The molecule has 2 nitrogen and oxygen atoms in total. The highest BCUT2D eigenvalue weighted by molar-refractivity contribution is 5.38. The number of nitrogens with one attached hydrogen (secondary N) is 1. The van der Waals surface area contributed by atoms with E-state index in [1.54, 1.807) is 19.1 Å². The van der Waals surface area contributed by atoms with Gasteiger partial charge in [-0.25, -0.2) is 0 Å². The summed E-state index contributed by atoms with van der Waals surface area (Å²) in [5.41, 5.74) is 0.314. The molecule has 0 aliphatic carbocycles. The molecule has 21 heavy (non-hydrogen) atoms. The van der Waals surface area contributed by atoms with Crippen molar-refractivity contribution in [3.05, 3.63) is 59.0 Å². The molecule has 2 aromatic rings. The lowest BCUT2D eigenvalue weighted by Gasteiger charge is -2.22. The minimum absolute atomic E-state index is 0.222. The molecule has 1 heterocycles. The fraction of sp³-hybridized carbons (Fsp3) is 0.375. The molecule has 2 rings (SSSR count). The van der Waals surface area contributed by atoms with Gasteiger partial charge in [-0.2, -0.15) is 13.2 Å². The van der Waals surface area contributed by atoms with Crippen molar-refractivity contribution in [2.45, 2.75) is 32.5 Å². The number of benzene rings is 1. The minimum atomic E-state index is -4.37. The molecule has 0 bridgehead atoms. The van der Waals surface area contributed by atoms with Gasteiger partial charge in [-0.15, -0.1) is 0 Å². The zero-order chi connectivity index (χ0) is 15.5. The Kier molecular flexibility index (Phi) is 4.73. The van der Waals surface area contributed by atoms with Crippen molar-refractivity contribution in [3.8, 4) is 0 Å². The summed E-state index contributed by atoms with van der Waals surface area (Å²) < 4.78 is 44.9. The Balaban J connectivity index is 2.46.